The normalized spacial score (nSPS) is 11.2. The van der Waals surface area contributed by atoms with Crippen molar-refractivity contribution in [2.45, 2.75) is 38.9 Å². The van der Waals surface area contributed by atoms with Gasteiger partial charge in [0.05, 0.1) is 9.85 Å². The van der Waals surface area contributed by atoms with Crippen LogP contribution in [0.2, 0.25) is 18.1 Å². The molecule has 0 aromatic heterocycles. The van der Waals surface area contributed by atoms with E-state index in [1.165, 1.54) is 18.2 Å². The Morgan fingerprint density at radius 3 is 1.55 bits per heavy atom. The molecule has 0 bridgehead atoms. The minimum Gasteiger partial charge on any atom is -0.539 e. The van der Waals surface area contributed by atoms with Crippen LogP contribution in [0.5, 0.6) is 23.0 Å². The van der Waals surface area contributed by atoms with Gasteiger partial charge in [-0.15, -0.1) is 0 Å². The molecule has 2 aromatic carbocycles. The van der Waals surface area contributed by atoms with Crippen LogP contribution >= 0.6 is 0 Å². The second-order valence-corrected chi connectivity index (χ2v) is 12.4. The Bertz CT molecular complexity index is 889. The number of benzene rings is 2. The first kappa shape index (κ1) is 23.7. The van der Waals surface area contributed by atoms with Crippen molar-refractivity contribution in [3.8, 4) is 23.0 Å². The van der Waals surface area contributed by atoms with Crippen molar-refractivity contribution in [2.75, 3.05) is 0 Å². The minimum atomic E-state index is -2.16. The predicted octanol–water partition coefficient (Wildman–Crippen LogP) is 4.69. The van der Waals surface area contributed by atoms with Crippen LogP contribution in [0.4, 0.5) is 11.4 Å². The summed E-state index contributed by atoms with van der Waals surface area (Å²) in [4.78, 5) is 19.6. The van der Waals surface area contributed by atoms with Gasteiger partial charge in [-0.3, -0.25) is 20.2 Å². The lowest BCUT2D eigenvalue weighted by atomic mass is 10.2. The van der Waals surface area contributed by atoms with Crippen LogP contribution in [0.25, 0.3) is 0 Å². The van der Waals surface area contributed by atoms with Gasteiger partial charge in [-0.25, -0.2) is 0 Å². The maximum absolute atomic E-state index is 11.0. The quantitative estimate of drug-likeness (QED) is 0.362. The van der Waals surface area contributed by atoms with Gasteiger partial charge in [-0.2, -0.15) is 0 Å². The molecule has 11 heteroatoms. The predicted molar refractivity (Wildman–Crippen MR) is 109 cm³/mol. The molecule has 29 heavy (non-hydrogen) atoms. The number of hydrogen-bond acceptors (Lipinski definition) is 8. The number of para-hydroxylation sites is 2. The number of hydrogen-bond donors (Lipinski definition) is 3. The molecule has 0 spiro atoms. The molecule has 0 aliphatic heterocycles. The molecule has 10 nitrogen and oxygen atoms in total. The average molecular weight is 424 g/mol. The van der Waals surface area contributed by atoms with Gasteiger partial charge in [0, 0.05) is 0 Å². The lowest BCUT2D eigenvalue weighted by Gasteiger charge is -2.36. The molecule has 158 valence electrons. The standard InChI is InChI=1S/C12H19NO4Si.C6H5NO4/c1-12(2,3)18(4,5)17-10-8-6-7-9(14)11(10)13(15)16;8-4-2-1-3-5(9)6(4)7(10)11/h6-8,14H,1-5H3;1-3,8-9H. The van der Waals surface area contributed by atoms with Crippen molar-refractivity contribution in [3.63, 3.8) is 0 Å². The molecular weight excluding hydrogens is 400 g/mol. The van der Waals surface area contributed by atoms with E-state index < -0.39 is 35.4 Å². The molecule has 0 fully saturated rings. The zero-order chi connectivity index (χ0) is 22.6. The van der Waals surface area contributed by atoms with Crippen molar-refractivity contribution >= 4 is 19.7 Å². The molecule has 0 unspecified atom stereocenters. The molecule has 0 amide bonds. The maximum atomic E-state index is 11.0. The lowest BCUT2D eigenvalue weighted by Crippen LogP contribution is -2.44. The summed E-state index contributed by atoms with van der Waals surface area (Å²) in [6, 6.07) is 7.95. The van der Waals surface area contributed by atoms with Gasteiger partial charge in [0.2, 0.25) is 0 Å². The third-order valence-electron chi connectivity index (χ3n) is 4.51. The van der Waals surface area contributed by atoms with Gasteiger partial charge in [-0.05, 0) is 42.4 Å². The second-order valence-electron chi connectivity index (χ2n) is 7.65. The number of phenols is 3. The number of nitrogens with zero attached hydrogens (tertiary/aromatic N) is 2. The van der Waals surface area contributed by atoms with Crippen LogP contribution in [0, 0.1) is 20.2 Å². The summed E-state index contributed by atoms with van der Waals surface area (Å²) in [6.07, 6.45) is 0. The van der Waals surface area contributed by atoms with Crippen LogP contribution in [-0.4, -0.2) is 33.5 Å². The Kier molecular flexibility index (Phi) is 7.17. The van der Waals surface area contributed by atoms with Gasteiger partial charge in [0.15, 0.2) is 23.0 Å². The molecule has 0 heterocycles. The lowest BCUT2D eigenvalue weighted by molar-refractivity contribution is -0.386. The van der Waals surface area contributed by atoms with Crippen molar-refractivity contribution in [1.82, 2.24) is 0 Å². The van der Waals surface area contributed by atoms with Gasteiger partial charge >= 0.3 is 11.4 Å². The summed E-state index contributed by atoms with van der Waals surface area (Å²) >= 11 is 0. The minimum absolute atomic E-state index is 0.0632. The third-order valence-corrected chi connectivity index (χ3v) is 8.85. The summed E-state index contributed by atoms with van der Waals surface area (Å²) in [5.41, 5.74) is -1.02. The van der Waals surface area contributed by atoms with Gasteiger partial charge in [0.1, 0.15) is 0 Å². The highest BCUT2D eigenvalue weighted by Crippen LogP contribution is 2.42. The molecule has 0 saturated heterocycles. The van der Waals surface area contributed by atoms with Crippen molar-refractivity contribution in [2.24, 2.45) is 0 Å². The largest absolute Gasteiger partial charge is 0.539 e. The number of nitro benzene ring substituents is 2. The fourth-order valence-corrected chi connectivity index (χ4v) is 2.93. The fraction of sp³-hybridized carbons (Fsp3) is 0.333. The number of rotatable bonds is 4. The van der Waals surface area contributed by atoms with E-state index in [2.05, 4.69) is 0 Å². The zero-order valence-corrected chi connectivity index (χ0v) is 17.7. The molecule has 3 N–H and O–H groups in total. The number of nitro groups is 2. The monoisotopic (exact) mass is 424 g/mol. The highest BCUT2D eigenvalue weighted by molar-refractivity contribution is 6.74. The first-order valence-corrected chi connectivity index (χ1v) is 11.4. The van der Waals surface area contributed by atoms with Crippen LogP contribution in [0.3, 0.4) is 0 Å². The topological polar surface area (TPSA) is 156 Å². The highest BCUT2D eigenvalue weighted by atomic mass is 28.4. The molecule has 0 atom stereocenters. The maximum Gasteiger partial charge on any atom is 0.351 e. The van der Waals surface area contributed by atoms with Gasteiger partial charge < -0.3 is 19.7 Å². The molecule has 2 rings (SSSR count). The SMILES string of the molecule is CC(C)(C)[Si](C)(C)Oc1cccc(O)c1[N+](=O)[O-].O=[N+]([O-])c1c(O)cccc1O. The Labute approximate surface area is 168 Å². The van der Waals surface area contributed by atoms with Crippen LogP contribution in [0.15, 0.2) is 36.4 Å². The van der Waals surface area contributed by atoms with E-state index in [0.717, 1.165) is 12.1 Å². The summed E-state index contributed by atoms with van der Waals surface area (Å²) in [6.45, 7) is 10.1. The summed E-state index contributed by atoms with van der Waals surface area (Å²) in [7, 11) is -2.16. The Hall–Kier alpha value is -3.34. The van der Waals surface area contributed by atoms with E-state index in [0.29, 0.717) is 0 Å². The molecule has 0 radical (unpaired) electrons. The molecular formula is C18H24N2O8Si. The fourth-order valence-electron chi connectivity index (χ4n) is 1.91. The zero-order valence-electron chi connectivity index (χ0n) is 16.7. The van der Waals surface area contributed by atoms with Gasteiger partial charge in [0.25, 0.3) is 8.32 Å². The Balaban J connectivity index is 0.000000326. The van der Waals surface area contributed by atoms with E-state index in [4.69, 9.17) is 14.6 Å². The molecule has 2 aromatic rings. The van der Waals surface area contributed by atoms with E-state index in [-0.39, 0.29) is 22.2 Å². The third kappa shape index (κ3) is 5.81. The van der Waals surface area contributed by atoms with Crippen LogP contribution < -0.4 is 4.43 Å². The smallest absolute Gasteiger partial charge is 0.351 e. The summed E-state index contributed by atoms with van der Waals surface area (Å²) in [5.74, 6) is -1.28. The van der Waals surface area contributed by atoms with E-state index in [9.17, 15) is 25.3 Å². The first-order chi connectivity index (χ1) is 13.2. The van der Waals surface area contributed by atoms with E-state index in [1.54, 1.807) is 6.07 Å². The van der Waals surface area contributed by atoms with Gasteiger partial charge in [-0.1, -0.05) is 32.9 Å². The molecule has 0 aliphatic rings. The second kappa shape index (κ2) is 8.77. The summed E-state index contributed by atoms with van der Waals surface area (Å²) in [5, 5.41) is 48.3. The molecule has 0 aliphatic carbocycles. The highest BCUT2D eigenvalue weighted by Gasteiger charge is 2.40. The Morgan fingerprint density at radius 2 is 1.21 bits per heavy atom. The van der Waals surface area contributed by atoms with E-state index >= 15 is 0 Å². The van der Waals surface area contributed by atoms with Crippen molar-refractivity contribution in [3.05, 3.63) is 56.6 Å². The summed E-state index contributed by atoms with van der Waals surface area (Å²) < 4.78 is 5.88. The number of aromatic hydroxyl groups is 3. The van der Waals surface area contributed by atoms with Crippen molar-refractivity contribution < 1.29 is 29.6 Å². The Morgan fingerprint density at radius 1 is 0.828 bits per heavy atom. The van der Waals surface area contributed by atoms with Crippen LogP contribution in [-0.2, 0) is 0 Å². The number of phenolic OH excluding ortho intramolecular Hbond substituents is 3. The average Bonchev–Trinajstić information content (AvgIpc) is 2.53. The first-order valence-electron chi connectivity index (χ1n) is 8.49. The van der Waals surface area contributed by atoms with E-state index in [1.807, 2.05) is 33.9 Å². The van der Waals surface area contributed by atoms with Crippen LogP contribution in [0.1, 0.15) is 20.8 Å². The van der Waals surface area contributed by atoms with Crippen molar-refractivity contribution in [1.29, 1.82) is 0 Å². The molecule has 0 saturated carbocycles.